The van der Waals surface area contributed by atoms with Crippen molar-refractivity contribution in [3.8, 4) is 11.1 Å². The Kier molecular flexibility index (Phi) is 6.68. The largest absolute Gasteiger partial charge is 0.458 e. The van der Waals surface area contributed by atoms with E-state index in [0.717, 1.165) is 18.4 Å². The molecule has 0 saturated heterocycles. The van der Waals surface area contributed by atoms with Crippen molar-refractivity contribution in [2.45, 2.75) is 52.0 Å². The molecule has 1 aliphatic carbocycles. The first-order chi connectivity index (χ1) is 13.8. The fourth-order valence-corrected chi connectivity index (χ4v) is 4.47. The number of H-pyrrole nitrogens is 1. The Morgan fingerprint density at radius 3 is 2.34 bits per heavy atom. The van der Waals surface area contributed by atoms with Crippen LogP contribution in [0.25, 0.3) is 11.1 Å². The highest BCUT2D eigenvalue weighted by atomic mass is 35.5. The van der Waals surface area contributed by atoms with Crippen LogP contribution in [0.15, 0.2) is 36.5 Å². The Hall–Kier alpha value is -2.27. The SMILES string of the molecule is CC1CC(C)C(OC(=O)c2c(-c3ccccc3)c[nH]c2NC(=O)C(C)Cl)C(C)C1. The van der Waals surface area contributed by atoms with Gasteiger partial charge < -0.3 is 15.0 Å². The zero-order valence-electron chi connectivity index (χ0n) is 17.4. The second-order valence-corrected chi connectivity index (χ2v) is 8.98. The highest BCUT2D eigenvalue weighted by Gasteiger charge is 2.35. The number of hydrogen-bond donors (Lipinski definition) is 2. The molecule has 0 aliphatic heterocycles. The number of aromatic amines is 1. The van der Waals surface area contributed by atoms with Gasteiger partial charge in [-0.15, -0.1) is 11.6 Å². The Bertz CT molecular complexity index is 850. The fourth-order valence-electron chi connectivity index (χ4n) is 4.41. The second kappa shape index (κ2) is 9.04. The van der Waals surface area contributed by atoms with Gasteiger partial charge in [0.1, 0.15) is 22.9 Å². The molecule has 1 amide bonds. The number of nitrogens with one attached hydrogen (secondary N) is 2. The van der Waals surface area contributed by atoms with Gasteiger partial charge in [0, 0.05) is 11.8 Å². The molecule has 0 spiro atoms. The molecule has 0 radical (unpaired) electrons. The molecule has 0 bridgehead atoms. The number of ether oxygens (including phenoxy) is 1. The summed E-state index contributed by atoms with van der Waals surface area (Å²) in [4.78, 5) is 28.4. The number of carbonyl (C=O) groups is 2. The predicted molar refractivity (Wildman–Crippen MR) is 116 cm³/mol. The highest BCUT2D eigenvalue weighted by molar-refractivity contribution is 6.32. The molecule has 1 aromatic carbocycles. The zero-order chi connectivity index (χ0) is 21.1. The molecule has 2 aromatic rings. The van der Waals surface area contributed by atoms with Gasteiger partial charge >= 0.3 is 5.97 Å². The predicted octanol–water partition coefficient (Wildman–Crippen LogP) is 5.48. The molecule has 1 fully saturated rings. The topological polar surface area (TPSA) is 71.2 Å². The van der Waals surface area contributed by atoms with Gasteiger partial charge in [-0.1, -0.05) is 51.1 Å². The van der Waals surface area contributed by atoms with Crippen LogP contribution in [0.4, 0.5) is 5.82 Å². The summed E-state index contributed by atoms with van der Waals surface area (Å²) < 4.78 is 6.01. The van der Waals surface area contributed by atoms with Gasteiger partial charge in [0.15, 0.2) is 0 Å². The number of rotatable bonds is 5. The summed E-state index contributed by atoms with van der Waals surface area (Å²) in [5.74, 6) is 0.713. The Morgan fingerprint density at radius 2 is 1.76 bits per heavy atom. The van der Waals surface area contributed by atoms with Gasteiger partial charge in [0.25, 0.3) is 0 Å². The number of hydrogen-bond acceptors (Lipinski definition) is 3. The van der Waals surface area contributed by atoms with E-state index in [1.54, 1.807) is 13.1 Å². The Morgan fingerprint density at radius 1 is 1.14 bits per heavy atom. The number of carbonyl (C=O) groups excluding carboxylic acids is 2. The average Bonchev–Trinajstić information content (AvgIpc) is 3.08. The zero-order valence-corrected chi connectivity index (χ0v) is 18.1. The van der Waals surface area contributed by atoms with Crippen molar-refractivity contribution in [2.24, 2.45) is 17.8 Å². The smallest absolute Gasteiger partial charge is 0.342 e. The standard InChI is InChI=1S/C23H29ClN2O3/c1-13-10-14(2)20(15(3)11-13)29-23(28)19-18(17-8-6-5-7-9-17)12-25-21(19)26-22(27)16(4)24/h5-9,12-16,20,25H,10-11H2,1-4H3,(H,26,27). The summed E-state index contributed by atoms with van der Waals surface area (Å²) in [5.41, 5.74) is 1.89. The van der Waals surface area contributed by atoms with Crippen LogP contribution in [0.5, 0.6) is 0 Å². The molecule has 1 saturated carbocycles. The van der Waals surface area contributed by atoms with Crippen molar-refractivity contribution < 1.29 is 14.3 Å². The molecule has 3 atom stereocenters. The minimum absolute atomic E-state index is 0.146. The van der Waals surface area contributed by atoms with E-state index >= 15 is 0 Å². The van der Waals surface area contributed by atoms with Crippen LogP contribution >= 0.6 is 11.6 Å². The van der Waals surface area contributed by atoms with Crippen LogP contribution in [0.2, 0.25) is 0 Å². The molecular formula is C23H29ClN2O3. The van der Waals surface area contributed by atoms with Gasteiger partial charge in [-0.3, -0.25) is 4.79 Å². The molecule has 156 valence electrons. The fraction of sp³-hybridized carbons (Fsp3) is 0.478. The lowest BCUT2D eigenvalue weighted by atomic mass is 9.75. The first-order valence-corrected chi connectivity index (χ1v) is 10.6. The lowest BCUT2D eigenvalue weighted by Gasteiger charge is -2.37. The summed E-state index contributed by atoms with van der Waals surface area (Å²) in [6.45, 7) is 8.10. The molecule has 1 heterocycles. The van der Waals surface area contributed by atoms with E-state index in [9.17, 15) is 9.59 Å². The third-order valence-corrected chi connectivity index (χ3v) is 5.89. The maximum atomic E-state index is 13.3. The minimum Gasteiger partial charge on any atom is -0.458 e. The summed E-state index contributed by atoms with van der Waals surface area (Å²) in [6.07, 6.45) is 3.64. The number of amides is 1. The molecule has 1 aliphatic rings. The minimum atomic E-state index is -0.720. The van der Waals surface area contributed by atoms with E-state index in [0.29, 0.717) is 22.9 Å². The van der Waals surface area contributed by atoms with Crippen molar-refractivity contribution in [2.75, 3.05) is 5.32 Å². The van der Waals surface area contributed by atoms with E-state index in [1.165, 1.54) is 0 Å². The van der Waals surface area contributed by atoms with E-state index in [2.05, 4.69) is 31.1 Å². The number of aromatic nitrogens is 1. The number of benzene rings is 1. The van der Waals surface area contributed by atoms with Crippen LogP contribution in [0.1, 0.15) is 50.9 Å². The Balaban J connectivity index is 1.93. The van der Waals surface area contributed by atoms with Crippen LogP contribution in [0.3, 0.4) is 0 Å². The van der Waals surface area contributed by atoms with Crippen LogP contribution in [0, 0.1) is 17.8 Å². The van der Waals surface area contributed by atoms with E-state index in [-0.39, 0.29) is 23.8 Å². The molecule has 5 nitrogen and oxygen atoms in total. The molecular weight excluding hydrogens is 388 g/mol. The van der Waals surface area contributed by atoms with E-state index in [4.69, 9.17) is 16.3 Å². The number of halogens is 1. The molecule has 2 N–H and O–H groups in total. The highest BCUT2D eigenvalue weighted by Crippen LogP contribution is 2.37. The third-order valence-electron chi connectivity index (χ3n) is 5.69. The van der Waals surface area contributed by atoms with Crippen molar-refractivity contribution >= 4 is 29.3 Å². The van der Waals surface area contributed by atoms with Gasteiger partial charge in [-0.25, -0.2) is 4.79 Å². The van der Waals surface area contributed by atoms with E-state index in [1.807, 2.05) is 30.3 Å². The van der Waals surface area contributed by atoms with Gasteiger partial charge in [0.05, 0.1) is 0 Å². The number of anilines is 1. The monoisotopic (exact) mass is 416 g/mol. The second-order valence-electron chi connectivity index (χ2n) is 8.32. The van der Waals surface area contributed by atoms with Gasteiger partial charge in [-0.05, 0) is 43.1 Å². The summed E-state index contributed by atoms with van der Waals surface area (Å²) >= 11 is 5.90. The van der Waals surface area contributed by atoms with Gasteiger partial charge in [0.2, 0.25) is 5.91 Å². The summed E-state index contributed by atoms with van der Waals surface area (Å²) in [7, 11) is 0. The van der Waals surface area contributed by atoms with Crippen LogP contribution in [-0.4, -0.2) is 28.3 Å². The summed E-state index contributed by atoms with van der Waals surface area (Å²) in [6, 6.07) is 9.57. The Labute approximate surface area is 177 Å². The van der Waals surface area contributed by atoms with Crippen molar-refractivity contribution in [1.82, 2.24) is 4.98 Å². The molecule has 6 heteroatoms. The molecule has 29 heavy (non-hydrogen) atoms. The first-order valence-electron chi connectivity index (χ1n) is 10.2. The lowest BCUT2D eigenvalue weighted by Crippen LogP contribution is -2.37. The number of esters is 1. The normalized spacial score (nSPS) is 25.3. The quantitative estimate of drug-likeness (QED) is 0.501. The number of alkyl halides is 1. The lowest BCUT2D eigenvalue weighted by molar-refractivity contribution is -0.115. The maximum Gasteiger partial charge on any atom is 0.342 e. The first kappa shape index (κ1) is 21.4. The van der Waals surface area contributed by atoms with Crippen LogP contribution < -0.4 is 5.32 Å². The van der Waals surface area contributed by atoms with Crippen molar-refractivity contribution in [3.63, 3.8) is 0 Å². The molecule has 1 aromatic heterocycles. The van der Waals surface area contributed by atoms with Crippen molar-refractivity contribution in [3.05, 3.63) is 42.1 Å². The van der Waals surface area contributed by atoms with Gasteiger partial charge in [-0.2, -0.15) is 0 Å². The maximum absolute atomic E-state index is 13.3. The van der Waals surface area contributed by atoms with E-state index < -0.39 is 11.3 Å². The summed E-state index contributed by atoms with van der Waals surface area (Å²) in [5, 5.41) is 2.00. The average molecular weight is 417 g/mol. The molecule has 3 rings (SSSR count). The van der Waals surface area contributed by atoms with Crippen LogP contribution in [-0.2, 0) is 9.53 Å². The third kappa shape index (κ3) is 4.84. The molecule has 3 unspecified atom stereocenters. The van der Waals surface area contributed by atoms with Crippen molar-refractivity contribution in [1.29, 1.82) is 0 Å².